The highest BCUT2D eigenvalue weighted by molar-refractivity contribution is 7.07. The molecule has 1 aromatic heterocycles. The first kappa shape index (κ1) is 18.3. The number of methoxy groups -OCH3 is 2. The van der Waals surface area contributed by atoms with E-state index >= 15 is 0 Å². The lowest BCUT2D eigenvalue weighted by atomic mass is 10.2. The Morgan fingerprint density at radius 2 is 1.82 bits per heavy atom. The first-order valence-electron chi connectivity index (χ1n) is 8.88. The molecular weight excluding hydrogens is 374 g/mol. The second kappa shape index (κ2) is 7.52. The Balaban J connectivity index is 1.69. The Morgan fingerprint density at radius 3 is 2.54 bits per heavy atom. The third kappa shape index (κ3) is 3.41. The van der Waals surface area contributed by atoms with Gasteiger partial charge in [0.05, 0.1) is 18.8 Å². The topological polar surface area (TPSA) is 56.1 Å². The van der Waals surface area contributed by atoms with Gasteiger partial charge in [-0.2, -0.15) is 0 Å². The average molecular weight is 395 g/mol. The number of fused-ring (bicyclic) bond motifs is 1. The fourth-order valence-corrected chi connectivity index (χ4v) is 4.09. The summed E-state index contributed by atoms with van der Waals surface area (Å²) >= 11 is 1.41. The zero-order valence-electron chi connectivity index (χ0n) is 16.0. The molecule has 0 bridgehead atoms. The van der Waals surface area contributed by atoms with Gasteiger partial charge in [-0.3, -0.25) is 9.36 Å². The van der Waals surface area contributed by atoms with E-state index in [-0.39, 0.29) is 5.56 Å². The Morgan fingerprint density at radius 1 is 1.07 bits per heavy atom. The van der Waals surface area contributed by atoms with E-state index in [4.69, 9.17) is 9.47 Å². The van der Waals surface area contributed by atoms with Crippen molar-refractivity contribution in [3.8, 4) is 11.5 Å². The van der Waals surface area contributed by atoms with E-state index in [1.54, 1.807) is 18.8 Å². The Hall–Kier alpha value is -3.06. The molecular formula is C21H21N3O3S. The van der Waals surface area contributed by atoms with Crippen LogP contribution in [0.5, 0.6) is 11.5 Å². The third-order valence-corrected chi connectivity index (χ3v) is 5.73. The Kier molecular flexibility index (Phi) is 4.92. The quantitative estimate of drug-likeness (QED) is 0.679. The van der Waals surface area contributed by atoms with Crippen LogP contribution in [0.4, 0.5) is 5.69 Å². The highest BCUT2D eigenvalue weighted by atomic mass is 32.1. The van der Waals surface area contributed by atoms with E-state index in [1.807, 2.05) is 24.3 Å². The monoisotopic (exact) mass is 395 g/mol. The summed E-state index contributed by atoms with van der Waals surface area (Å²) in [7, 11) is 3.20. The van der Waals surface area contributed by atoms with Gasteiger partial charge in [-0.1, -0.05) is 35.1 Å². The van der Waals surface area contributed by atoms with Crippen LogP contribution in [0, 0.1) is 6.92 Å². The maximum Gasteiger partial charge on any atom is 0.271 e. The number of hydrogen-bond acceptors (Lipinski definition) is 6. The summed E-state index contributed by atoms with van der Waals surface area (Å²) in [6, 6.07) is 13.8. The second-order valence-electron chi connectivity index (χ2n) is 6.56. The van der Waals surface area contributed by atoms with Gasteiger partial charge in [-0.25, -0.2) is 4.99 Å². The summed E-state index contributed by atoms with van der Waals surface area (Å²) in [5.74, 6) is 1.29. The van der Waals surface area contributed by atoms with Crippen LogP contribution in [0.15, 0.2) is 52.3 Å². The van der Waals surface area contributed by atoms with Crippen LogP contribution in [0.2, 0.25) is 0 Å². The molecule has 0 fully saturated rings. The van der Waals surface area contributed by atoms with Crippen molar-refractivity contribution in [3.05, 3.63) is 73.3 Å². The fraction of sp³-hybridized carbons (Fsp3) is 0.238. The second-order valence-corrected chi connectivity index (χ2v) is 7.57. The van der Waals surface area contributed by atoms with Crippen molar-refractivity contribution in [1.29, 1.82) is 0 Å². The zero-order chi connectivity index (χ0) is 19.7. The van der Waals surface area contributed by atoms with E-state index in [0.29, 0.717) is 29.4 Å². The number of rotatable bonds is 4. The van der Waals surface area contributed by atoms with Gasteiger partial charge in [0, 0.05) is 5.69 Å². The average Bonchev–Trinajstić information content (AvgIpc) is 3.03. The van der Waals surface area contributed by atoms with Crippen molar-refractivity contribution in [2.24, 2.45) is 4.99 Å². The molecule has 0 amide bonds. The Labute approximate surface area is 166 Å². The van der Waals surface area contributed by atoms with Gasteiger partial charge in [0.15, 0.2) is 16.3 Å². The molecule has 3 aromatic rings. The minimum Gasteiger partial charge on any atom is -0.493 e. The van der Waals surface area contributed by atoms with Gasteiger partial charge < -0.3 is 14.4 Å². The van der Waals surface area contributed by atoms with Crippen LogP contribution in [0.1, 0.15) is 11.1 Å². The van der Waals surface area contributed by atoms with E-state index in [1.165, 1.54) is 16.9 Å². The molecule has 1 aliphatic rings. The molecule has 0 saturated carbocycles. The number of ether oxygens (including phenoxy) is 2. The molecule has 1 aliphatic heterocycles. The van der Waals surface area contributed by atoms with E-state index in [0.717, 1.165) is 16.1 Å². The van der Waals surface area contributed by atoms with Crippen LogP contribution >= 0.6 is 11.3 Å². The molecule has 7 heteroatoms. The summed E-state index contributed by atoms with van der Waals surface area (Å²) in [6.07, 6.45) is 1.87. The smallest absolute Gasteiger partial charge is 0.271 e. The summed E-state index contributed by atoms with van der Waals surface area (Å²) in [5.41, 5.74) is 3.11. The number of nitrogens with zero attached hydrogens (tertiary/aromatic N) is 3. The first-order chi connectivity index (χ1) is 13.6. The largest absolute Gasteiger partial charge is 0.493 e. The molecule has 0 unspecified atom stereocenters. The lowest BCUT2D eigenvalue weighted by molar-refractivity contribution is 0.355. The van der Waals surface area contributed by atoms with Crippen molar-refractivity contribution < 1.29 is 9.47 Å². The zero-order valence-corrected chi connectivity index (χ0v) is 16.8. The van der Waals surface area contributed by atoms with Gasteiger partial charge in [-0.05, 0) is 42.8 Å². The molecule has 0 aliphatic carbocycles. The van der Waals surface area contributed by atoms with Crippen molar-refractivity contribution in [2.45, 2.75) is 13.6 Å². The lowest BCUT2D eigenvalue weighted by Gasteiger charge is -2.25. The van der Waals surface area contributed by atoms with Crippen molar-refractivity contribution in [2.75, 3.05) is 25.8 Å². The van der Waals surface area contributed by atoms with E-state index in [2.05, 4.69) is 41.1 Å². The lowest BCUT2D eigenvalue weighted by Crippen LogP contribution is -2.42. The van der Waals surface area contributed by atoms with Gasteiger partial charge in [-0.15, -0.1) is 0 Å². The van der Waals surface area contributed by atoms with Crippen molar-refractivity contribution >= 4 is 23.1 Å². The molecule has 0 atom stereocenters. The van der Waals surface area contributed by atoms with E-state index < -0.39 is 0 Å². The molecule has 28 heavy (non-hydrogen) atoms. The van der Waals surface area contributed by atoms with Crippen LogP contribution < -0.4 is 29.3 Å². The van der Waals surface area contributed by atoms with Gasteiger partial charge in [0.1, 0.15) is 13.3 Å². The number of aryl methyl sites for hydroxylation is 1. The molecule has 2 heterocycles. The number of aromatic nitrogens is 1. The van der Waals surface area contributed by atoms with Crippen molar-refractivity contribution in [1.82, 2.24) is 4.57 Å². The van der Waals surface area contributed by atoms with Gasteiger partial charge in [0.2, 0.25) is 0 Å². The predicted molar refractivity (Wildman–Crippen MR) is 111 cm³/mol. The van der Waals surface area contributed by atoms with Crippen molar-refractivity contribution in [3.63, 3.8) is 0 Å². The molecule has 4 rings (SSSR count). The molecule has 144 valence electrons. The Bertz CT molecular complexity index is 1180. The summed E-state index contributed by atoms with van der Waals surface area (Å²) in [6.45, 7) is 3.10. The fourth-order valence-electron chi connectivity index (χ4n) is 3.12. The highest BCUT2D eigenvalue weighted by Crippen LogP contribution is 2.27. The van der Waals surface area contributed by atoms with Crippen LogP contribution in [0.3, 0.4) is 0 Å². The minimum atomic E-state index is -0.0321. The summed E-state index contributed by atoms with van der Waals surface area (Å²) < 4.78 is 13.0. The molecule has 0 spiro atoms. The SMILES string of the molecule is COc1ccc(C=c2sc3n(c2=O)CN(c2ccc(C)cc2)CN=3)cc1OC. The van der Waals surface area contributed by atoms with Crippen LogP contribution in [-0.4, -0.2) is 25.5 Å². The van der Waals surface area contributed by atoms with Crippen LogP contribution in [-0.2, 0) is 6.67 Å². The van der Waals surface area contributed by atoms with Gasteiger partial charge >= 0.3 is 0 Å². The number of thiazole rings is 1. The first-order valence-corrected chi connectivity index (χ1v) is 9.70. The standard InChI is InChI=1S/C21H21N3O3S/c1-14-4-7-16(8-5-14)23-12-22-21-24(13-23)20(25)19(28-21)11-15-6-9-17(26-2)18(10-15)27-3/h4-11H,12-13H2,1-3H3. The maximum atomic E-state index is 12.9. The number of anilines is 1. The number of benzene rings is 2. The molecule has 2 aromatic carbocycles. The summed E-state index contributed by atoms with van der Waals surface area (Å²) in [5, 5.41) is 0. The minimum absolute atomic E-state index is 0.0321. The molecule has 0 radical (unpaired) electrons. The normalized spacial score (nSPS) is 13.8. The molecule has 0 saturated heterocycles. The highest BCUT2D eigenvalue weighted by Gasteiger charge is 2.16. The predicted octanol–water partition coefficient (Wildman–Crippen LogP) is 2.12. The molecule has 6 nitrogen and oxygen atoms in total. The van der Waals surface area contributed by atoms with E-state index in [9.17, 15) is 4.79 Å². The van der Waals surface area contributed by atoms with Gasteiger partial charge in [0.25, 0.3) is 5.56 Å². The number of hydrogen-bond donors (Lipinski definition) is 0. The maximum absolute atomic E-state index is 12.9. The van der Waals surface area contributed by atoms with Crippen LogP contribution in [0.25, 0.3) is 6.08 Å². The third-order valence-electron chi connectivity index (χ3n) is 4.68. The summed E-state index contributed by atoms with van der Waals surface area (Å²) in [4.78, 5) is 20.4. The molecule has 0 N–H and O–H groups in total.